The number of thioether (sulfide) groups is 1. The number of ether oxygens (including phenoxy) is 2. The van der Waals surface area contributed by atoms with Gasteiger partial charge in [0.05, 0.1) is 17.9 Å². The average molecular weight is 269 g/mol. The molecule has 98 valence electrons. The van der Waals surface area contributed by atoms with Crippen molar-refractivity contribution in [1.29, 1.82) is 0 Å². The Morgan fingerprint density at radius 1 is 1.56 bits per heavy atom. The molecule has 3 heterocycles. The molecule has 0 saturated carbocycles. The quantitative estimate of drug-likeness (QED) is 0.570. The topological polar surface area (TPSA) is 55.8 Å². The molecule has 0 spiro atoms. The minimum Gasteiger partial charge on any atom is -0.458 e. The molecule has 1 amide bonds. The molecule has 2 fully saturated rings. The average Bonchev–Trinajstić information content (AvgIpc) is 2.74. The van der Waals surface area contributed by atoms with E-state index in [0.29, 0.717) is 12.1 Å². The highest BCUT2D eigenvalue weighted by Crippen LogP contribution is 2.40. The molecule has 0 bridgehead atoms. The third-order valence-corrected chi connectivity index (χ3v) is 4.44. The van der Waals surface area contributed by atoms with Gasteiger partial charge in [-0.1, -0.05) is 0 Å². The van der Waals surface area contributed by atoms with Crippen LogP contribution in [0, 0.1) is 0 Å². The van der Waals surface area contributed by atoms with Crippen LogP contribution in [0.1, 0.15) is 25.7 Å². The molecule has 0 radical (unpaired) electrons. The number of carbonyl (C=O) groups excluding carboxylic acids is 2. The largest absolute Gasteiger partial charge is 0.458 e. The third-order valence-electron chi connectivity index (χ3n) is 3.39. The molecule has 2 saturated heterocycles. The van der Waals surface area contributed by atoms with Crippen molar-refractivity contribution in [2.75, 3.05) is 13.2 Å². The van der Waals surface area contributed by atoms with Crippen molar-refractivity contribution in [3.8, 4) is 0 Å². The highest BCUT2D eigenvalue weighted by Gasteiger charge is 2.45. The summed E-state index contributed by atoms with van der Waals surface area (Å²) in [6, 6.07) is 0. The fourth-order valence-corrected chi connectivity index (χ4v) is 3.40. The molecule has 5 nitrogen and oxygen atoms in total. The predicted octanol–water partition coefficient (Wildman–Crippen LogP) is 1.25. The fraction of sp³-hybridized carbons (Fsp3) is 0.667. The molecule has 3 aliphatic rings. The lowest BCUT2D eigenvalue weighted by atomic mass is 10.1. The summed E-state index contributed by atoms with van der Waals surface area (Å²) in [4.78, 5) is 24.8. The van der Waals surface area contributed by atoms with Crippen molar-refractivity contribution >= 4 is 23.6 Å². The molecule has 6 heteroatoms. The first-order chi connectivity index (χ1) is 8.75. The summed E-state index contributed by atoms with van der Waals surface area (Å²) in [7, 11) is 0. The zero-order valence-corrected chi connectivity index (χ0v) is 10.8. The van der Waals surface area contributed by atoms with E-state index in [9.17, 15) is 9.59 Å². The second-order valence-corrected chi connectivity index (χ2v) is 5.70. The molecule has 3 aliphatic heterocycles. The molecule has 3 rings (SSSR count). The molecule has 0 aliphatic carbocycles. The second-order valence-electron chi connectivity index (χ2n) is 4.65. The van der Waals surface area contributed by atoms with E-state index in [-0.39, 0.29) is 24.0 Å². The van der Waals surface area contributed by atoms with Gasteiger partial charge in [0.1, 0.15) is 12.3 Å². The lowest BCUT2D eigenvalue weighted by Crippen LogP contribution is -2.48. The minimum atomic E-state index is -0.410. The number of carbonyl (C=O) groups is 2. The van der Waals surface area contributed by atoms with Crippen LogP contribution in [0.5, 0.6) is 0 Å². The van der Waals surface area contributed by atoms with E-state index in [1.165, 1.54) is 16.7 Å². The van der Waals surface area contributed by atoms with Crippen LogP contribution in [-0.4, -0.2) is 41.5 Å². The Bertz CT molecular complexity index is 403. The van der Waals surface area contributed by atoms with Crippen LogP contribution in [0.15, 0.2) is 11.1 Å². The van der Waals surface area contributed by atoms with Crippen molar-refractivity contribution < 1.29 is 19.1 Å². The summed E-state index contributed by atoms with van der Waals surface area (Å²) in [5.41, 5.74) is 0.386. The summed E-state index contributed by atoms with van der Waals surface area (Å²) in [5, 5.41) is 1.84. The van der Waals surface area contributed by atoms with Gasteiger partial charge in [0.2, 0.25) is 5.91 Å². The highest BCUT2D eigenvalue weighted by molar-refractivity contribution is 8.03. The van der Waals surface area contributed by atoms with Crippen LogP contribution >= 0.6 is 11.8 Å². The maximum absolute atomic E-state index is 11.9. The van der Waals surface area contributed by atoms with Crippen molar-refractivity contribution in [2.45, 2.75) is 37.2 Å². The van der Waals surface area contributed by atoms with Crippen LogP contribution < -0.4 is 0 Å². The van der Waals surface area contributed by atoms with Gasteiger partial charge in [0.25, 0.3) is 0 Å². The van der Waals surface area contributed by atoms with E-state index < -0.39 is 5.97 Å². The SMILES string of the molecule is O=C(OCC1CCCCO1)C1=CS[C@@H]2CC(=O)N12. The molecule has 0 N–H and O–H groups in total. The van der Waals surface area contributed by atoms with Gasteiger partial charge < -0.3 is 9.47 Å². The van der Waals surface area contributed by atoms with E-state index in [0.717, 1.165) is 25.9 Å². The summed E-state index contributed by atoms with van der Waals surface area (Å²) in [5.74, 6) is -0.408. The highest BCUT2D eigenvalue weighted by atomic mass is 32.2. The van der Waals surface area contributed by atoms with Gasteiger partial charge >= 0.3 is 5.97 Å². The molecule has 1 unspecified atom stereocenters. The Morgan fingerprint density at radius 2 is 2.44 bits per heavy atom. The van der Waals surface area contributed by atoms with E-state index in [1.807, 2.05) is 0 Å². The molecule has 0 aromatic carbocycles. The summed E-state index contributed by atoms with van der Waals surface area (Å²) in [6.07, 6.45) is 3.67. The monoisotopic (exact) mass is 269 g/mol. The normalized spacial score (nSPS) is 30.6. The molecule has 0 aromatic heterocycles. The lowest BCUT2D eigenvalue weighted by Gasteiger charge is -2.34. The Balaban J connectivity index is 1.51. The van der Waals surface area contributed by atoms with Crippen molar-refractivity contribution in [2.24, 2.45) is 0 Å². The van der Waals surface area contributed by atoms with Crippen molar-refractivity contribution in [3.63, 3.8) is 0 Å². The van der Waals surface area contributed by atoms with E-state index >= 15 is 0 Å². The summed E-state index contributed by atoms with van der Waals surface area (Å²) in [6.45, 7) is 1.03. The molecular weight excluding hydrogens is 254 g/mol. The molecular formula is C12H15NO4S. The summed E-state index contributed by atoms with van der Waals surface area (Å²) < 4.78 is 10.7. The third kappa shape index (κ3) is 2.14. The first-order valence-electron chi connectivity index (χ1n) is 6.22. The van der Waals surface area contributed by atoms with Crippen LogP contribution in [0.4, 0.5) is 0 Å². The predicted molar refractivity (Wildman–Crippen MR) is 65.5 cm³/mol. The number of fused-ring (bicyclic) bond motifs is 1. The zero-order valence-electron chi connectivity index (χ0n) is 9.96. The maximum atomic E-state index is 11.9. The minimum absolute atomic E-state index is 0.00196. The first kappa shape index (κ1) is 12.0. The van der Waals surface area contributed by atoms with E-state index in [2.05, 4.69) is 0 Å². The second kappa shape index (κ2) is 4.93. The number of nitrogens with zero attached hydrogens (tertiary/aromatic N) is 1. The number of rotatable bonds is 3. The number of amides is 1. The fourth-order valence-electron chi connectivity index (χ4n) is 2.31. The Hall–Kier alpha value is -1.01. The Labute approximate surface area is 109 Å². The first-order valence-corrected chi connectivity index (χ1v) is 7.16. The van der Waals surface area contributed by atoms with Crippen molar-refractivity contribution in [1.82, 2.24) is 4.90 Å². The van der Waals surface area contributed by atoms with Gasteiger partial charge in [-0.2, -0.15) is 0 Å². The van der Waals surface area contributed by atoms with Crippen LogP contribution in [-0.2, 0) is 19.1 Å². The van der Waals surface area contributed by atoms with Crippen LogP contribution in [0.2, 0.25) is 0 Å². The molecule has 2 atom stereocenters. The van der Waals surface area contributed by atoms with Gasteiger partial charge in [-0.05, 0) is 19.3 Å². The van der Waals surface area contributed by atoms with Crippen LogP contribution in [0.25, 0.3) is 0 Å². The number of hydrogen-bond donors (Lipinski definition) is 0. The molecule has 18 heavy (non-hydrogen) atoms. The van der Waals surface area contributed by atoms with Gasteiger partial charge in [-0.15, -0.1) is 11.8 Å². The standard InChI is InChI=1S/C12H15NO4S/c14-10-5-11-13(10)9(7-18-11)12(15)17-6-8-3-1-2-4-16-8/h7-8,11H,1-6H2/t8?,11-/m1/s1. The molecule has 0 aromatic rings. The van der Waals surface area contributed by atoms with E-state index in [4.69, 9.17) is 9.47 Å². The number of hydrogen-bond acceptors (Lipinski definition) is 5. The maximum Gasteiger partial charge on any atom is 0.355 e. The lowest BCUT2D eigenvalue weighted by molar-refractivity contribution is -0.152. The van der Waals surface area contributed by atoms with Gasteiger partial charge in [0.15, 0.2) is 0 Å². The zero-order chi connectivity index (χ0) is 12.5. The van der Waals surface area contributed by atoms with Gasteiger partial charge in [0, 0.05) is 12.0 Å². The Kier molecular flexibility index (Phi) is 3.30. The number of β-lactam (4-membered cyclic amide) rings is 1. The van der Waals surface area contributed by atoms with Gasteiger partial charge in [-0.3, -0.25) is 9.69 Å². The Morgan fingerprint density at radius 3 is 3.17 bits per heavy atom. The van der Waals surface area contributed by atoms with E-state index in [1.54, 1.807) is 5.41 Å². The van der Waals surface area contributed by atoms with Crippen molar-refractivity contribution in [3.05, 3.63) is 11.1 Å². The van der Waals surface area contributed by atoms with Gasteiger partial charge in [-0.25, -0.2) is 4.79 Å². The smallest absolute Gasteiger partial charge is 0.355 e. The summed E-state index contributed by atoms with van der Waals surface area (Å²) >= 11 is 1.50. The number of esters is 1. The van der Waals surface area contributed by atoms with Crippen LogP contribution in [0.3, 0.4) is 0 Å².